The largest absolute Gasteiger partial charge is 0.495 e. The molecular weight excluding hydrogens is 392 g/mol. The summed E-state index contributed by atoms with van der Waals surface area (Å²) >= 11 is 0. The minimum atomic E-state index is -0.442. The maximum absolute atomic E-state index is 13.5. The van der Waals surface area contributed by atoms with Gasteiger partial charge in [-0.05, 0) is 48.9 Å². The molecule has 156 valence electrons. The van der Waals surface area contributed by atoms with Crippen molar-refractivity contribution in [3.8, 4) is 11.5 Å². The number of hydrogen-bond acceptors (Lipinski definition) is 5. The van der Waals surface area contributed by atoms with E-state index in [1.165, 1.54) is 7.11 Å². The highest BCUT2D eigenvalue weighted by Gasteiger charge is 2.41. The number of nitrogens with one attached hydrogen (secondary N) is 1. The van der Waals surface area contributed by atoms with E-state index in [0.29, 0.717) is 34.9 Å². The lowest BCUT2D eigenvalue weighted by Crippen LogP contribution is -2.32. The van der Waals surface area contributed by atoms with E-state index >= 15 is 0 Å². The molecule has 0 spiro atoms. The van der Waals surface area contributed by atoms with Gasteiger partial charge in [-0.2, -0.15) is 0 Å². The number of hydrogen-bond donors (Lipinski definition) is 1. The molecule has 1 heterocycles. The molecule has 6 nitrogen and oxygen atoms in total. The van der Waals surface area contributed by atoms with Crippen LogP contribution in [0, 0.1) is 0 Å². The Kier molecular flexibility index (Phi) is 5.71. The Morgan fingerprint density at radius 2 is 1.52 bits per heavy atom. The summed E-state index contributed by atoms with van der Waals surface area (Å²) in [5.74, 6) is 0.324. The summed E-state index contributed by atoms with van der Waals surface area (Å²) in [5, 5.41) is 3.15. The van der Waals surface area contributed by atoms with Gasteiger partial charge in [0.25, 0.3) is 11.8 Å². The van der Waals surface area contributed by atoms with Crippen LogP contribution in [0.15, 0.2) is 84.6 Å². The highest BCUT2D eigenvalue weighted by molar-refractivity contribution is 6.46. The fraction of sp³-hybridized carbons (Fsp3) is 0.120. The molecule has 6 heteroatoms. The molecule has 1 N–H and O–H groups in total. The Morgan fingerprint density at radius 3 is 2.19 bits per heavy atom. The van der Waals surface area contributed by atoms with Crippen molar-refractivity contribution in [3.05, 3.63) is 90.1 Å². The number of rotatable bonds is 7. The second-order valence-electron chi connectivity index (χ2n) is 6.82. The predicted molar refractivity (Wildman–Crippen MR) is 120 cm³/mol. The van der Waals surface area contributed by atoms with Gasteiger partial charge in [-0.1, -0.05) is 42.5 Å². The van der Waals surface area contributed by atoms with Crippen molar-refractivity contribution in [2.75, 3.05) is 23.9 Å². The molecule has 1 aliphatic heterocycles. The zero-order valence-electron chi connectivity index (χ0n) is 17.3. The van der Waals surface area contributed by atoms with E-state index < -0.39 is 11.8 Å². The Labute approximate surface area is 180 Å². The second-order valence-corrected chi connectivity index (χ2v) is 6.82. The third-order valence-electron chi connectivity index (χ3n) is 4.91. The molecule has 4 rings (SSSR count). The van der Waals surface area contributed by atoms with Crippen LogP contribution in [0.2, 0.25) is 0 Å². The molecule has 0 unspecified atom stereocenters. The van der Waals surface area contributed by atoms with Crippen molar-refractivity contribution < 1.29 is 19.1 Å². The summed E-state index contributed by atoms with van der Waals surface area (Å²) in [4.78, 5) is 28.1. The van der Waals surface area contributed by atoms with Gasteiger partial charge >= 0.3 is 0 Å². The molecule has 1 aliphatic rings. The van der Waals surface area contributed by atoms with Gasteiger partial charge in [-0.15, -0.1) is 0 Å². The number of methoxy groups -OCH3 is 1. The zero-order valence-corrected chi connectivity index (χ0v) is 17.3. The van der Waals surface area contributed by atoms with Crippen molar-refractivity contribution in [1.29, 1.82) is 0 Å². The summed E-state index contributed by atoms with van der Waals surface area (Å²) in [6, 6.07) is 23.4. The van der Waals surface area contributed by atoms with Gasteiger partial charge in [-0.3, -0.25) is 9.59 Å². The molecule has 2 amide bonds. The smallest absolute Gasteiger partial charge is 0.282 e. The Hall–Kier alpha value is -4.06. The molecule has 0 saturated carbocycles. The summed E-state index contributed by atoms with van der Waals surface area (Å²) < 4.78 is 10.9. The number of imide groups is 1. The molecule has 3 aromatic rings. The third kappa shape index (κ3) is 3.88. The lowest BCUT2D eigenvalue weighted by atomic mass is 10.0. The first-order chi connectivity index (χ1) is 15.1. The average molecular weight is 414 g/mol. The number of para-hydroxylation sites is 2. The average Bonchev–Trinajstić information content (AvgIpc) is 3.05. The molecule has 0 aliphatic carbocycles. The second kappa shape index (κ2) is 8.75. The van der Waals surface area contributed by atoms with Gasteiger partial charge in [0.05, 0.1) is 25.0 Å². The molecule has 3 aromatic carbocycles. The monoisotopic (exact) mass is 414 g/mol. The molecular formula is C25H22N2O4. The van der Waals surface area contributed by atoms with E-state index in [1.54, 1.807) is 24.3 Å². The Morgan fingerprint density at radius 1 is 0.839 bits per heavy atom. The van der Waals surface area contributed by atoms with E-state index in [-0.39, 0.29) is 5.70 Å². The highest BCUT2D eigenvalue weighted by atomic mass is 16.5. The number of carbonyl (C=O) groups is 2. The van der Waals surface area contributed by atoms with Crippen LogP contribution in [-0.2, 0) is 9.59 Å². The number of nitrogens with zero attached hydrogens (tertiary/aromatic N) is 1. The highest BCUT2D eigenvalue weighted by Crippen LogP contribution is 2.37. The number of anilines is 2. The molecule has 0 fully saturated rings. The molecule has 0 saturated heterocycles. The van der Waals surface area contributed by atoms with Crippen LogP contribution in [0.1, 0.15) is 12.5 Å². The topological polar surface area (TPSA) is 67.9 Å². The number of carbonyl (C=O) groups excluding carboxylic acids is 2. The van der Waals surface area contributed by atoms with Gasteiger partial charge in [0.2, 0.25) is 0 Å². The van der Waals surface area contributed by atoms with Crippen molar-refractivity contribution in [2.24, 2.45) is 0 Å². The Balaban J connectivity index is 1.77. The lowest BCUT2D eigenvalue weighted by Gasteiger charge is -2.18. The maximum Gasteiger partial charge on any atom is 0.282 e. The zero-order chi connectivity index (χ0) is 21.8. The van der Waals surface area contributed by atoms with Crippen molar-refractivity contribution >= 4 is 28.8 Å². The summed E-state index contributed by atoms with van der Waals surface area (Å²) in [6.07, 6.45) is 0. The first-order valence-electron chi connectivity index (χ1n) is 9.95. The lowest BCUT2D eigenvalue weighted by molar-refractivity contribution is -0.120. The number of benzene rings is 3. The summed E-state index contributed by atoms with van der Waals surface area (Å²) in [6.45, 7) is 2.48. The van der Waals surface area contributed by atoms with Gasteiger partial charge in [-0.25, -0.2) is 4.90 Å². The van der Waals surface area contributed by atoms with Crippen molar-refractivity contribution in [3.63, 3.8) is 0 Å². The van der Waals surface area contributed by atoms with Crippen LogP contribution in [0.3, 0.4) is 0 Å². The van der Waals surface area contributed by atoms with E-state index in [2.05, 4.69) is 5.32 Å². The first-order valence-corrected chi connectivity index (χ1v) is 9.95. The number of ether oxygens (including phenoxy) is 2. The van der Waals surface area contributed by atoms with Crippen LogP contribution < -0.4 is 19.7 Å². The Bertz CT molecular complexity index is 1140. The molecule has 0 bridgehead atoms. The fourth-order valence-corrected chi connectivity index (χ4v) is 3.50. The quantitative estimate of drug-likeness (QED) is 0.577. The molecule has 0 atom stereocenters. The standard InChI is InChI=1S/C25H22N2O4/c1-3-31-19-15-13-18(14-16-19)26-23-22(17-9-5-4-6-10-17)24(28)27(25(23)29)20-11-7-8-12-21(20)30-2/h4-16,26H,3H2,1-2H3. The third-order valence-corrected chi connectivity index (χ3v) is 4.91. The van der Waals surface area contributed by atoms with Crippen molar-refractivity contribution in [1.82, 2.24) is 0 Å². The van der Waals surface area contributed by atoms with Crippen LogP contribution >= 0.6 is 0 Å². The van der Waals surface area contributed by atoms with Crippen LogP contribution in [0.4, 0.5) is 11.4 Å². The SMILES string of the molecule is CCOc1ccc(NC2=C(c3ccccc3)C(=O)N(c3ccccc3OC)C2=O)cc1. The minimum absolute atomic E-state index is 0.214. The predicted octanol–water partition coefficient (Wildman–Crippen LogP) is 4.49. The van der Waals surface area contributed by atoms with E-state index in [1.807, 2.05) is 61.5 Å². The van der Waals surface area contributed by atoms with Gasteiger partial charge in [0.1, 0.15) is 17.2 Å². The van der Waals surface area contributed by atoms with Gasteiger partial charge in [0.15, 0.2) is 0 Å². The maximum atomic E-state index is 13.5. The van der Waals surface area contributed by atoms with Crippen LogP contribution in [0.5, 0.6) is 11.5 Å². The van der Waals surface area contributed by atoms with Gasteiger partial charge in [0, 0.05) is 5.69 Å². The van der Waals surface area contributed by atoms with Crippen LogP contribution in [0.25, 0.3) is 5.57 Å². The number of amides is 2. The normalized spacial score (nSPS) is 13.5. The molecule has 31 heavy (non-hydrogen) atoms. The first kappa shape index (κ1) is 20.2. The fourth-order valence-electron chi connectivity index (χ4n) is 3.50. The van der Waals surface area contributed by atoms with E-state index in [0.717, 1.165) is 10.6 Å². The van der Waals surface area contributed by atoms with Gasteiger partial charge < -0.3 is 14.8 Å². The van der Waals surface area contributed by atoms with Crippen LogP contribution in [-0.4, -0.2) is 25.5 Å². The summed E-state index contributed by atoms with van der Waals surface area (Å²) in [7, 11) is 1.51. The van der Waals surface area contributed by atoms with E-state index in [4.69, 9.17) is 9.47 Å². The molecule has 0 radical (unpaired) electrons. The summed E-state index contributed by atoms with van der Waals surface area (Å²) in [5.41, 5.74) is 2.26. The van der Waals surface area contributed by atoms with E-state index in [9.17, 15) is 9.59 Å². The van der Waals surface area contributed by atoms with Crippen molar-refractivity contribution in [2.45, 2.75) is 6.92 Å². The minimum Gasteiger partial charge on any atom is -0.495 e. The molecule has 0 aromatic heterocycles.